The quantitative estimate of drug-likeness (QED) is 0.895. The van der Waals surface area contributed by atoms with E-state index < -0.39 is 0 Å². The molecule has 0 amide bonds. The number of hydrogen-bond acceptors (Lipinski definition) is 3. The van der Waals surface area contributed by atoms with Crippen LogP contribution in [-0.2, 0) is 6.54 Å². The predicted octanol–water partition coefficient (Wildman–Crippen LogP) is 3.06. The molecule has 0 saturated carbocycles. The van der Waals surface area contributed by atoms with Gasteiger partial charge in [-0.15, -0.1) is 12.4 Å². The fourth-order valence-corrected chi connectivity index (χ4v) is 3.72. The van der Waals surface area contributed by atoms with Crippen LogP contribution in [-0.4, -0.2) is 38.2 Å². The molecule has 112 valence electrons. The van der Waals surface area contributed by atoms with Crippen LogP contribution >= 0.6 is 28.3 Å². The van der Waals surface area contributed by atoms with Crippen molar-refractivity contribution in [1.29, 1.82) is 0 Å². The summed E-state index contributed by atoms with van der Waals surface area (Å²) < 4.78 is 6.50. The van der Waals surface area contributed by atoms with E-state index in [4.69, 9.17) is 4.74 Å². The summed E-state index contributed by atoms with van der Waals surface area (Å²) in [6.07, 6.45) is 2.67. The Morgan fingerprint density at radius 2 is 2.25 bits per heavy atom. The minimum atomic E-state index is 0. The molecule has 3 nitrogen and oxygen atoms in total. The van der Waals surface area contributed by atoms with Crippen LogP contribution in [0.1, 0.15) is 18.4 Å². The van der Waals surface area contributed by atoms with Gasteiger partial charge in [0.15, 0.2) is 0 Å². The number of hydrogen-bond donors (Lipinski definition) is 1. The summed E-state index contributed by atoms with van der Waals surface area (Å²) in [6.45, 7) is 5.84. The molecule has 2 aliphatic rings. The Hall–Kier alpha value is -0.290. The molecule has 1 spiro atoms. The third kappa shape index (κ3) is 3.30. The van der Waals surface area contributed by atoms with Gasteiger partial charge in [0.1, 0.15) is 5.75 Å². The maximum absolute atomic E-state index is 5.32. The first kappa shape index (κ1) is 16.1. The fraction of sp³-hybridized carbons (Fsp3) is 0.600. The average Bonchev–Trinajstić information content (AvgIpc) is 3.03. The molecule has 2 saturated heterocycles. The lowest BCUT2D eigenvalue weighted by Gasteiger charge is -2.23. The van der Waals surface area contributed by atoms with Crippen LogP contribution in [0.4, 0.5) is 0 Å². The highest BCUT2D eigenvalue weighted by atomic mass is 79.9. The molecule has 0 aromatic heterocycles. The summed E-state index contributed by atoms with van der Waals surface area (Å²) in [5, 5.41) is 3.51. The van der Waals surface area contributed by atoms with Crippen LogP contribution in [0, 0.1) is 5.41 Å². The summed E-state index contributed by atoms with van der Waals surface area (Å²) in [6, 6.07) is 6.22. The lowest BCUT2D eigenvalue weighted by atomic mass is 9.86. The highest BCUT2D eigenvalue weighted by Crippen LogP contribution is 2.37. The zero-order chi connectivity index (χ0) is 13.3. The number of halogens is 2. The second-order valence-electron chi connectivity index (χ2n) is 5.84. The van der Waals surface area contributed by atoms with Crippen LogP contribution in [0.25, 0.3) is 0 Å². The van der Waals surface area contributed by atoms with Gasteiger partial charge in [0.05, 0.1) is 7.11 Å². The standard InChI is InChI=1S/C15H21BrN2O.ClH/c1-19-13-2-3-14(16)12(8-13)9-18-7-5-15(11-18)4-6-17-10-15;/h2-3,8,17H,4-7,9-11H2,1H3;1H. The Kier molecular flexibility index (Phi) is 5.35. The zero-order valence-corrected chi connectivity index (χ0v) is 14.2. The molecule has 2 heterocycles. The molecule has 0 aliphatic carbocycles. The van der Waals surface area contributed by atoms with E-state index in [1.54, 1.807) is 7.11 Å². The van der Waals surface area contributed by atoms with Gasteiger partial charge in [-0.1, -0.05) is 15.9 Å². The Balaban J connectivity index is 0.00000147. The van der Waals surface area contributed by atoms with Crippen LogP contribution in [0.5, 0.6) is 5.75 Å². The van der Waals surface area contributed by atoms with Crippen LogP contribution in [0.3, 0.4) is 0 Å². The highest BCUT2D eigenvalue weighted by Gasteiger charge is 2.40. The summed E-state index contributed by atoms with van der Waals surface area (Å²) in [5.41, 5.74) is 1.87. The van der Waals surface area contributed by atoms with Gasteiger partial charge in [-0.3, -0.25) is 4.90 Å². The van der Waals surface area contributed by atoms with Crippen molar-refractivity contribution in [2.24, 2.45) is 5.41 Å². The van der Waals surface area contributed by atoms with Gasteiger partial charge in [-0.2, -0.15) is 0 Å². The second kappa shape index (κ2) is 6.65. The molecule has 1 atom stereocenters. The minimum Gasteiger partial charge on any atom is -0.497 e. The first-order valence-corrected chi connectivity index (χ1v) is 7.76. The molecule has 0 bridgehead atoms. The van der Waals surface area contributed by atoms with E-state index in [1.807, 2.05) is 6.07 Å². The highest BCUT2D eigenvalue weighted by molar-refractivity contribution is 9.10. The SMILES string of the molecule is COc1ccc(Br)c(CN2CCC3(CCNC3)C2)c1.Cl. The lowest BCUT2D eigenvalue weighted by Crippen LogP contribution is -2.29. The predicted molar refractivity (Wildman–Crippen MR) is 87.8 cm³/mol. The first-order valence-electron chi connectivity index (χ1n) is 6.96. The second-order valence-corrected chi connectivity index (χ2v) is 6.70. The Morgan fingerprint density at radius 3 is 2.95 bits per heavy atom. The third-order valence-electron chi connectivity index (χ3n) is 4.50. The minimum absolute atomic E-state index is 0. The summed E-state index contributed by atoms with van der Waals surface area (Å²) in [4.78, 5) is 2.58. The van der Waals surface area contributed by atoms with Crippen LogP contribution in [0.15, 0.2) is 22.7 Å². The van der Waals surface area contributed by atoms with E-state index in [2.05, 4.69) is 38.3 Å². The monoisotopic (exact) mass is 360 g/mol. The third-order valence-corrected chi connectivity index (χ3v) is 5.27. The van der Waals surface area contributed by atoms with Gasteiger partial charge in [0.25, 0.3) is 0 Å². The summed E-state index contributed by atoms with van der Waals surface area (Å²) in [7, 11) is 1.72. The normalized spacial score (nSPS) is 25.9. The number of methoxy groups -OCH3 is 1. The summed E-state index contributed by atoms with van der Waals surface area (Å²) in [5.74, 6) is 0.939. The van der Waals surface area contributed by atoms with E-state index >= 15 is 0 Å². The van der Waals surface area contributed by atoms with Crippen molar-refractivity contribution < 1.29 is 4.74 Å². The fourth-order valence-electron chi connectivity index (χ4n) is 3.35. The molecule has 1 N–H and O–H groups in total. The van der Waals surface area contributed by atoms with Crippen LogP contribution < -0.4 is 10.1 Å². The molecule has 3 rings (SSSR count). The maximum Gasteiger partial charge on any atom is 0.119 e. The molecule has 5 heteroatoms. The molecule has 0 radical (unpaired) electrons. The van der Waals surface area contributed by atoms with E-state index in [9.17, 15) is 0 Å². The number of likely N-dealkylation sites (tertiary alicyclic amines) is 1. The lowest BCUT2D eigenvalue weighted by molar-refractivity contribution is 0.268. The summed E-state index contributed by atoms with van der Waals surface area (Å²) >= 11 is 3.65. The van der Waals surface area contributed by atoms with Crippen molar-refractivity contribution >= 4 is 28.3 Å². The van der Waals surface area contributed by atoms with Crippen LogP contribution in [0.2, 0.25) is 0 Å². The smallest absolute Gasteiger partial charge is 0.119 e. The first-order chi connectivity index (χ1) is 9.21. The van der Waals surface area contributed by atoms with Crippen molar-refractivity contribution in [3.05, 3.63) is 28.2 Å². The number of rotatable bonds is 3. The van der Waals surface area contributed by atoms with E-state index in [1.165, 1.54) is 49.1 Å². The van der Waals surface area contributed by atoms with Gasteiger partial charge in [0.2, 0.25) is 0 Å². The number of nitrogens with one attached hydrogen (secondary N) is 1. The van der Waals surface area contributed by atoms with Gasteiger partial charge >= 0.3 is 0 Å². The number of benzene rings is 1. The molecule has 1 unspecified atom stereocenters. The Labute approximate surface area is 135 Å². The largest absolute Gasteiger partial charge is 0.497 e. The van der Waals surface area contributed by atoms with Gasteiger partial charge in [-0.25, -0.2) is 0 Å². The van der Waals surface area contributed by atoms with Gasteiger partial charge in [-0.05, 0) is 55.1 Å². The Bertz CT molecular complexity index is 463. The zero-order valence-electron chi connectivity index (χ0n) is 11.8. The maximum atomic E-state index is 5.32. The van der Waals surface area contributed by atoms with Crippen molar-refractivity contribution in [2.75, 3.05) is 33.3 Å². The van der Waals surface area contributed by atoms with Gasteiger partial charge < -0.3 is 10.1 Å². The molecule has 1 aromatic carbocycles. The van der Waals surface area contributed by atoms with Gasteiger partial charge in [0, 0.05) is 24.1 Å². The molecule has 1 aromatic rings. The van der Waals surface area contributed by atoms with E-state index in [0.717, 1.165) is 12.3 Å². The number of ether oxygens (including phenoxy) is 1. The number of nitrogens with zero attached hydrogens (tertiary/aromatic N) is 1. The molecule has 2 aliphatic heterocycles. The molecule has 20 heavy (non-hydrogen) atoms. The van der Waals surface area contributed by atoms with Crippen molar-refractivity contribution in [2.45, 2.75) is 19.4 Å². The topological polar surface area (TPSA) is 24.5 Å². The molecular formula is C15H22BrClN2O. The van der Waals surface area contributed by atoms with Crippen molar-refractivity contribution in [1.82, 2.24) is 10.2 Å². The van der Waals surface area contributed by atoms with E-state index in [0.29, 0.717) is 5.41 Å². The molecular weight excluding hydrogens is 340 g/mol. The average molecular weight is 362 g/mol. The molecule has 2 fully saturated rings. The van der Waals surface area contributed by atoms with E-state index in [-0.39, 0.29) is 12.4 Å². The van der Waals surface area contributed by atoms with Crippen molar-refractivity contribution in [3.8, 4) is 5.75 Å². The Morgan fingerprint density at radius 1 is 1.40 bits per heavy atom. The van der Waals surface area contributed by atoms with Crippen molar-refractivity contribution in [3.63, 3.8) is 0 Å².